The maximum absolute atomic E-state index is 12.9. The Kier molecular flexibility index (Phi) is 4.62. The number of carbonyl (C=O) groups excluding carboxylic acids is 1. The van der Waals surface area contributed by atoms with E-state index in [4.69, 9.17) is 9.47 Å². The summed E-state index contributed by atoms with van der Waals surface area (Å²) in [4.78, 5) is 16.8. The fourth-order valence-corrected chi connectivity index (χ4v) is 4.10. The van der Waals surface area contributed by atoms with Crippen molar-refractivity contribution in [1.82, 2.24) is 10.3 Å². The van der Waals surface area contributed by atoms with Gasteiger partial charge in [-0.1, -0.05) is 12.1 Å². The van der Waals surface area contributed by atoms with Crippen LogP contribution in [0.1, 0.15) is 26.5 Å². The zero-order valence-corrected chi connectivity index (χ0v) is 15.5. The largest absolute Gasteiger partial charge is 0.486 e. The second kappa shape index (κ2) is 6.97. The van der Waals surface area contributed by atoms with E-state index >= 15 is 0 Å². The van der Waals surface area contributed by atoms with Gasteiger partial charge in [0.1, 0.15) is 23.7 Å². The average molecular weight is 408 g/mol. The van der Waals surface area contributed by atoms with Crippen molar-refractivity contribution in [3.05, 3.63) is 52.0 Å². The summed E-state index contributed by atoms with van der Waals surface area (Å²) >= 11 is 0.947. The number of fused-ring (bicyclic) bond motifs is 2. The lowest BCUT2D eigenvalue weighted by Crippen LogP contribution is -2.24. The Labute approximate surface area is 162 Å². The number of ether oxygens (including phenoxy) is 2. The van der Waals surface area contributed by atoms with Crippen LogP contribution < -0.4 is 14.8 Å². The average Bonchev–Trinajstić information content (AvgIpc) is 3.01. The molecule has 0 atom stereocenters. The number of nitrogens with zero attached hydrogens (tertiary/aromatic N) is 1. The minimum Gasteiger partial charge on any atom is -0.486 e. The number of benzene rings is 1. The van der Waals surface area contributed by atoms with Crippen LogP contribution >= 0.6 is 11.3 Å². The number of carbonyl (C=O) groups is 1. The first kappa shape index (κ1) is 18.5. The number of nitrogens with one attached hydrogen (secondary N) is 1. The molecule has 3 aromatic rings. The molecule has 2 aromatic heterocycles. The molecule has 0 spiro atoms. The smallest absolute Gasteiger partial charge is 0.433 e. The van der Waals surface area contributed by atoms with Crippen molar-refractivity contribution in [1.29, 1.82) is 0 Å². The molecule has 0 fully saturated rings. The molecular weight excluding hydrogens is 393 g/mol. The highest BCUT2D eigenvalue weighted by Crippen LogP contribution is 2.35. The Morgan fingerprint density at radius 2 is 2.00 bits per heavy atom. The molecule has 1 amide bonds. The van der Waals surface area contributed by atoms with Crippen LogP contribution in [0.5, 0.6) is 11.5 Å². The molecule has 4 rings (SSSR count). The predicted molar refractivity (Wildman–Crippen MR) is 98.0 cm³/mol. The number of pyridine rings is 1. The first-order chi connectivity index (χ1) is 13.3. The lowest BCUT2D eigenvalue weighted by atomic mass is 10.1. The van der Waals surface area contributed by atoms with Gasteiger partial charge in [-0.15, -0.1) is 11.3 Å². The van der Waals surface area contributed by atoms with Crippen LogP contribution in [0, 0.1) is 6.92 Å². The van der Waals surface area contributed by atoms with Gasteiger partial charge in [0, 0.05) is 17.5 Å². The molecular formula is C19H15F3N2O3S. The molecule has 1 aliphatic rings. The van der Waals surface area contributed by atoms with Crippen LogP contribution in [-0.4, -0.2) is 24.1 Å². The Morgan fingerprint density at radius 1 is 1.21 bits per heavy atom. The number of halogens is 3. The summed E-state index contributed by atoms with van der Waals surface area (Å²) in [6, 6.07) is 7.70. The molecule has 0 saturated heterocycles. The molecule has 1 aromatic carbocycles. The van der Waals surface area contributed by atoms with Gasteiger partial charge in [-0.05, 0) is 30.7 Å². The van der Waals surface area contributed by atoms with Crippen LogP contribution in [0.25, 0.3) is 10.2 Å². The number of para-hydroxylation sites is 1. The molecule has 1 N–H and O–H groups in total. The van der Waals surface area contributed by atoms with Crippen molar-refractivity contribution in [3.63, 3.8) is 0 Å². The summed E-state index contributed by atoms with van der Waals surface area (Å²) in [6.07, 6.45) is -4.52. The molecule has 0 saturated carbocycles. The first-order valence-corrected chi connectivity index (χ1v) is 9.29. The number of hydrogen-bond acceptors (Lipinski definition) is 5. The van der Waals surface area contributed by atoms with E-state index in [1.54, 1.807) is 13.0 Å². The van der Waals surface area contributed by atoms with Crippen molar-refractivity contribution in [3.8, 4) is 11.5 Å². The monoisotopic (exact) mass is 408 g/mol. The highest BCUT2D eigenvalue weighted by Gasteiger charge is 2.33. The number of amides is 1. The third kappa shape index (κ3) is 3.37. The van der Waals surface area contributed by atoms with E-state index < -0.39 is 11.9 Å². The standard InChI is InChI=1S/C19H15F3N2O3S/c1-10-12-5-6-14(19(20,21)22)24-18(12)28-16(10)17(25)23-9-11-3-2-4-13-15(11)27-8-7-26-13/h2-6H,7-9H2,1H3,(H,23,25). The van der Waals surface area contributed by atoms with E-state index in [-0.39, 0.29) is 17.3 Å². The van der Waals surface area contributed by atoms with Crippen LogP contribution in [0.3, 0.4) is 0 Å². The second-order valence-electron chi connectivity index (χ2n) is 6.23. The Balaban J connectivity index is 1.57. The normalized spacial score (nSPS) is 13.6. The Bertz CT molecular complexity index is 1060. The number of thiophene rings is 1. The lowest BCUT2D eigenvalue weighted by molar-refractivity contribution is -0.140. The highest BCUT2D eigenvalue weighted by atomic mass is 32.1. The zero-order valence-electron chi connectivity index (χ0n) is 14.7. The molecule has 5 nitrogen and oxygen atoms in total. The highest BCUT2D eigenvalue weighted by molar-refractivity contribution is 7.20. The number of aromatic nitrogens is 1. The summed E-state index contributed by atoms with van der Waals surface area (Å²) in [6.45, 7) is 2.81. The Hall–Kier alpha value is -2.81. The lowest BCUT2D eigenvalue weighted by Gasteiger charge is -2.21. The number of alkyl halides is 3. The van der Waals surface area contributed by atoms with Gasteiger partial charge in [-0.25, -0.2) is 4.98 Å². The van der Waals surface area contributed by atoms with Crippen LogP contribution in [0.15, 0.2) is 30.3 Å². The summed E-state index contributed by atoms with van der Waals surface area (Å²) in [5.74, 6) is 0.849. The fourth-order valence-electron chi connectivity index (χ4n) is 3.00. The maximum Gasteiger partial charge on any atom is 0.433 e. The minimum atomic E-state index is -4.52. The molecule has 28 heavy (non-hydrogen) atoms. The van der Waals surface area contributed by atoms with E-state index in [9.17, 15) is 18.0 Å². The Morgan fingerprint density at radius 3 is 2.79 bits per heavy atom. The first-order valence-electron chi connectivity index (χ1n) is 8.47. The zero-order chi connectivity index (χ0) is 19.9. The maximum atomic E-state index is 12.9. The van der Waals surface area contributed by atoms with Gasteiger partial charge in [-0.3, -0.25) is 4.79 Å². The minimum absolute atomic E-state index is 0.186. The number of hydrogen-bond donors (Lipinski definition) is 1. The van der Waals surface area contributed by atoms with Gasteiger partial charge in [0.25, 0.3) is 5.91 Å². The van der Waals surface area contributed by atoms with Crippen molar-refractivity contribution >= 4 is 27.5 Å². The molecule has 0 aliphatic carbocycles. The third-order valence-corrected chi connectivity index (χ3v) is 5.59. The molecule has 0 bridgehead atoms. The molecule has 1 aliphatic heterocycles. The molecule has 146 valence electrons. The van der Waals surface area contributed by atoms with Gasteiger partial charge < -0.3 is 14.8 Å². The molecule has 0 radical (unpaired) electrons. The van der Waals surface area contributed by atoms with E-state index in [1.807, 2.05) is 12.1 Å². The van der Waals surface area contributed by atoms with E-state index in [0.29, 0.717) is 40.5 Å². The van der Waals surface area contributed by atoms with Crippen molar-refractivity contribution < 1.29 is 27.4 Å². The van der Waals surface area contributed by atoms with Crippen molar-refractivity contribution in [2.45, 2.75) is 19.6 Å². The van der Waals surface area contributed by atoms with Gasteiger partial charge in [0.15, 0.2) is 11.5 Å². The summed E-state index contributed by atoms with van der Waals surface area (Å²) in [7, 11) is 0. The van der Waals surface area contributed by atoms with Crippen LogP contribution in [-0.2, 0) is 12.7 Å². The predicted octanol–water partition coefficient (Wildman–Crippen LogP) is 4.32. The summed E-state index contributed by atoms with van der Waals surface area (Å²) < 4.78 is 49.7. The molecule has 0 unspecified atom stereocenters. The third-order valence-electron chi connectivity index (χ3n) is 4.39. The molecule has 9 heteroatoms. The summed E-state index contributed by atoms with van der Waals surface area (Å²) in [5.41, 5.74) is 0.400. The quantitative estimate of drug-likeness (QED) is 0.701. The van der Waals surface area contributed by atoms with E-state index in [2.05, 4.69) is 10.3 Å². The number of aryl methyl sites for hydroxylation is 1. The topological polar surface area (TPSA) is 60.5 Å². The van der Waals surface area contributed by atoms with Gasteiger partial charge >= 0.3 is 6.18 Å². The van der Waals surface area contributed by atoms with Gasteiger partial charge in [0.05, 0.1) is 4.88 Å². The second-order valence-corrected chi connectivity index (χ2v) is 7.23. The SMILES string of the molecule is Cc1c(C(=O)NCc2cccc3c2OCCO3)sc2nc(C(F)(F)F)ccc12. The van der Waals surface area contributed by atoms with Gasteiger partial charge in [0.2, 0.25) is 0 Å². The van der Waals surface area contributed by atoms with Gasteiger partial charge in [-0.2, -0.15) is 13.2 Å². The van der Waals surface area contributed by atoms with E-state index in [1.165, 1.54) is 6.07 Å². The van der Waals surface area contributed by atoms with E-state index in [0.717, 1.165) is 23.0 Å². The number of rotatable bonds is 3. The summed E-state index contributed by atoms with van der Waals surface area (Å²) in [5, 5.41) is 3.34. The van der Waals surface area contributed by atoms with Crippen LogP contribution in [0.4, 0.5) is 13.2 Å². The van der Waals surface area contributed by atoms with Crippen molar-refractivity contribution in [2.24, 2.45) is 0 Å². The van der Waals surface area contributed by atoms with Crippen molar-refractivity contribution in [2.75, 3.05) is 13.2 Å². The molecule has 3 heterocycles. The van der Waals surface area contributed by atoms with Crippen LogP contribution in [0.2, 0.25) is 0 Å². The fraction of sp³-hybridized carbons (Fsp3) is 0.263.